The number of hydrogen-bond donors (Lipinski definition) is 2. The molecule has 4 nitrogen and oxygen atoms in total. The van der Waals surface area contributed by atoms with Crippen LogP contribution in [0.5, 0.6) is 0 Å². The zero-order valence-electron chi connectivity index (χ0n) is 12.6. The molecule has 4 heteroatoms. The quantitative estimate of drug-likeness (QED) is 0.888. The molecule has 2 heterocycles. The van der Waals surface area contributed by atoms with Gasteiger partial charge in [-0.05, 0) is 45.1 Å². The van der Waals surface area contributed by atoms with Crippen LogP contribution >= 0.6 is 0 Å². The number of aromatic nitrogens is 2. The fourth-order valence-corrected chi connectivity index (χ4v) is 3.89. The fourth-order valence-electron chi connectivity index (χ4n) is 3.89. The Balaban J connectivity index is 1.65. The van der Waals surface area contributed by atoms with Crippen LogP contribution in [0.1, 0.15) is 51.9 Å². The van der Waals surface area contributed by atoms with Crippen LogP contribution < -0.4 is 10.6 Å². The van der Waals surface area contributed by atoms with Crippen LogP contribution in [0, 0.1) is 5.92 Å². The monoisotopic (exact) mass is 276 g/mol. The lowest BCUT2D eigenvalue weighted by atomic mass is 9.77. The Hall–Kier alpha value is -1.03. The van der Waals surface area contributed by atoms with Gasteiger partial charge in [-0.15, -0.1) is 0 Å². The van der Waals surface area contributed by atoms with Gasteiger partial charge >= 0.3 is 0 Å². The van der Waals surface area contributed by atoms with Crippen molar-refractivity contribution in [2.45, 2.75) is 70.5 Å². The number of aryl methyl sites for hydroxylation is 1. The molecule has 2 aliphatic rings. The van der Waals surface area contributed by atoms with E-state index in [9.17, 15) is 0 Å². The first-order valence-electron chi connectivity index (χ1n) is 8.39. The second kappa shape index (κ2) is 6.61. The molecular weight excluding hydrogens is 248 g/mol. The predicted molar refractivity (Wildman–Crippen MR) is 82.9 cm³/mol. The second-order valence-corrected chi connectivity index (χ2v) is 6.34. The van der Waals surface area contributed by atoms with Crippen molar-refractivity contribution in [2.24, 2.45) is 5.92 Å². The Morgan fingerprint density at radius 2 is 2.10 bits per heavy atom. The third-order valence-electron chi connectivity index (χ3n) is 4.99. The minimum absolute atomic E-state index is 0.619. The van der Waals surface area contributed by atoms with Gasteiger partial charge in [-0.3, -0.25) is 4.68 Å². The standard InChI is InChI=1S/C16H28N4/c1-2-20-12-13(11-18-20)19-16-9-4-3-7-14(16)15-8-5-6-10-17-15/h11-12,14-17,19H,2-10H2,1H3. The molecule has 3 unspecified atom stereocenters. The average Bonchev–Trinajstić information content (AvgIpc) is 2.96. The number of piperidine rings is 1. The van der Waals surface area contributed by atoms with Gasteiger partial charge in [-0.2, -0.15) is 5.10 Å². The summed E-state index contributed by atoms with van der Waals surface area (Å²) >= 11 is 0. The van der Waals surface area contributed by atoms with E-state index in [-0.39, 0.29) is 0 Å². The van der Waals surface area contributed by atoms with Crippen molar-refractivity contribution in [1.29, 1.82) is 0 Å². The molecule has 20 heavy (non-hydrogen) atoms. The third-order valence-corrected chi connectivity index (χ3v) is 4.99. The molecule has 2 fully saturated rings. The molecule has 0 radical (unpaired) electrons. The van der Waals surface area contributed by atoms with E-state index in [0.717, 1.165) is 18.5 Å². The molecule has 3 rings (SSSR count). The maximum atomic E-state index is 4.38. The van der Waals surface area contributed by atoms with Gasteiger partial charge in [0, 0.05) is 24.8 Å². The zero-order valence-corrected chi connectivity index (χ0v) is 12.6. The molecule has 112 valence electrons. The van der Waals surface area contributed by atoms with Crippen LogP contribution in [-0.4, -0.2) is 28.4 Å². The number of hydrogen-bond acceptors (Lipinski definition) is 3. The first-order valence-corrected chi connectivity index (χ1v) is 8.39. The fraction of sp³-hybridized carbons (Fsp3) is 0.812. The van der Waals surface area contributed by atoms with Crippen molar-refractivity contribution >= 4 is 5.69 Å². The van der Waals surface area contributed by atoms with E-state index in [1.807, 2.05) is 10.9 Å². The van der Waals surface area contributed by atoms with Crippen molar-refractivity contribution in [3.63, 3.8) is 0 Å². The van der Waals surface area contributed by atoms with E-state index in [2.05, 4.69) is 28.9 Å². The van der Waals surface area contributed by atoms with Crippen LogP contribution in [0.25, 0.3) is 0 Å². The topological polar surface area (TPSA) is 41.9 Å². The van der Waals surface area contributed by atoms with Gasteiger partial charge in [0.25, 0.3) is 0 Å². The summed E-state index contributed by atoms with van der Waals surface area (Å²) in [7, 11) is 0. The van der Waals surface area contributed by atoms with Crippen LogP contribution in [0.15, 0.2) is 12.4 Å². The molecule has 0 spiro atoms. The van der Waals surface area contributed by atoms with Crippen molar-refractivity contribution < 1.29 is 0 Å². The van der Waals surface area contributed by atoms with E-state index in [1.54, 1.807) is 0 Å². The van der Waals surface area contributed by atoms with E-state index < -0.39 is 0 Å². The van der Waals surface area contributed by atoms with E-state index in [1.165, 1.54) is 57.2 Å². The Morgan fingerprint density at radius 1 is 1.25 bits per heavy atom. The highest BCUT2D eigenvalue weighted by atomic mass is 15.3. The summed E-state index contributed by atoms with van der Waals surface area (Å²) in [5, 5.41) is 11.9. The molecule has 0 aromatic carbocycles. The maximum Gasteiger partial charge on any atom is 0.0728 e. The van der Waals surface area contributed by atoms with Gasteiger partial charge in [0.05, 0.1) is 11.9 Å². The molecule has 0 amide bonds. The second-order valence-electron chi connectivity index (χ2n) is 6.34. The minimum Gasteiger partial charge on any atom is -0.379 e. The molecule has 1 saturated heterocycles. The highest BCUT2D eigenvalue weighted by Crippen LogP contribution is 2.32. The van der Waals surface area contributed by atoms with E-state index >= 15 is 0 Å². The Bertz CT molecular complexity index is 408. The van der Waals surface area contributed by atoms with Crippen molar-refractivity contribution in [1.82, 2.24) is 15.1 Å². The van der Waals surface area contributed by atoms with Crippen LogP contribution in [0.2, 0.25) is 0 Å². The Labute approximate surface area is 122 Å². The first kappa shape index (κ1) is 13.9. The van der Waals surface area contributed by atoms with E-state index in [0.29, 0.717) is 6.04 Å². The van der Waals surface area contributed by atoms with Crippen molar-refractivity contribution in [2.75, 3.05) is 11.9 Å². The van der Waals surface area contributed by atoms with Crippen molar-refractivity contribution in [3.8, 4) is 0 Å². The molecule has 1 aromatic rings. The average molecular weight is 276 g/mol. The lowest BCUT2D eigenvalue weighted by Gasteiger charge is -2.40. The number of nitrogens with one attached hydrogen (secondary N) is 2. The SMILES string of the molecule is CCn1cc(NC2CCCCC2C2CCCCN2)cn1. The zero-order chi connectivity index (χ0) is 13.8. The van der Waals surface area contributed by atoms with Gasteiger partial charge in [-0.1, -0.05) is 19.3 Å². The summed E-state index contributed by atoms with van der Waals surface area (Å²) < 4.78 is 2.00. The molecule has 0 bridgehead atoms. The summed E-state index contributed by atoms with van der Waals surface area (Å²) in [6.07, 6.45) is 13.7. The predicted octanol–water partition coefficient (Wildman–Crippen LogP) is 3.02. The number of nitrogens with zero attached hydrogens (tertiary/aromatic N) is 2. The van der Waals surface area contributed by atoms with Gasteiger partial charge in [0.1, 0.15) is 0 Å². The smallest absolute Gasteiger partial charge is 0.0728 e. The third kappa shape index (κ3) is 3.17. The molecule has 1 aliphatic heterocycles. The Kier molecular flexibility index (Phi) is 4.61. The highest BCUT2D eigenvalue weighted by Gasteiger charge is 2.32. The van der Waals surface area contributed by atoms with Crippen LogP contribution in [-0.2, 0) is 6.54 Å². The molecule has 3 atom stereocenters. The van der Waals surface area contributed by atoms with Gasteiger partial charge in [-0.25, -0.2) is 0 Å². The van der Waals surface area contributed by atoms with Crippen LogP contribution in [0.3, 0.4) is 0 Å². The Morgan fingerprint density at radius 3 is 2.85 bits per heavy atom. The molecular formula is C16H28N4. The first-order chi connectivity index (χ1) is 9.86. The largest absolute Gasteiger partial charge is 0.379 e. The molecule has 1 aromatic heterocycles. The minimum atomic E-state index is 0.619. The van der Waals surface area contributed by atoms with E-state index in [4.69, 9.17) is 0 Å². The normalized spacial score (nSPS) is 31.1. The summed E-state index contributed by atoms with van der Waals surface area (Å²) in [4.78, 5) is 0. The summed E-state index contributed by atoms with van der Waals surface area (Å²) in [5.41, 5.74) is 1.19. The van der Waals surface area contributed by atoms with Gasteiger partial charge in [0.2, 0.25) is 0 Å². The molecule has 1 aliphatic carbocycles. The van der Waals surface area contributed by atoms with Crippen molar-refractivity contribution in [3.05, 3.63) is 12.4 Å². The van der Waals surface area contributed by atoms with Gasteiger partial charge < -0.3 is 10.6 Å². The molecule has 1 saturated carbocycles. The summed E-state index contributed by atoms with van der Waals surface area (Å²) in [6.45, 7) is 4.29. The summed E-state index contributed by atoms with van der Waals surface area (Å²) in [6, 6.07) is 1.34. The lowest BCUT2D eigenvalue weighted by Crippen LogP contribution is -2.48. The number of rotatable bonds is 4. The van der Waals surface area contributed by atoms with Crippen LogP contribution in [0.4, 0.5) is 5.69 Å². The lowest BCUT2D eigenvalue weighted by molar-refractivity contribution is 0.217. The number of anilines is 1. The highest BCUT2D eigenvalue weighted by molar-refractivity contribution is 5.39. The maximum absolute atomic E-state index is 4.38. The van der Waals surface area contributed by atoms with Gasteiger partial charge in [0.15, 0.2) is 0 Å². The molecule has 2 N–H and O–H groups in total. The summed E-state index contributed by atoms with van der Waals surface area (Å²) in [5.74, 6) is 0.786.